The number of rotatable bonds is 4. The Bertz CT molecular complexity index is 1000. The predicted octanol–water partition coefficient (Wildman–Crippen LogP) is 3.48. The van der Waals surface area contributed by atoms with Crippen LogP contribution in [0.5, 0.6) is 11.5 Å². The number of aliphatic hydroxyl groups excluding tert-OH is 1. The number of hydrogen-bond acceptors (Lipinski definition) is 5. The molecule has 1 saturated heterocycles. The molecule has 0 atom stereocenters. The third-order valence-corrected chi connectivity index (χ3v) is 7.19. The molecule has 0 saturated carbocycles. The van der Waals surface area contributed by atoms with E-state index in [0.717, 1.165) is 43.4 Å². The molecule has 0 unspecified atom stereocenters. The summed E-state index contributed by atoms with van der Waals surface area (Å²) >= 11 is 0. The molecule has 0 radical (unpaired) electrons. The van der Waals surface area contributed by atoms with Crippen LogP contribution in [0.1, 0.15) is 49.7 Å². The van der Waals surface area contributed by atoms with Crippen molar-refractivity contribution in [1.29, 1.82) is 0 Å². The van der Waals surface area contributed by atoms with Gasteiger partial charge < -0.3 is 24.8 Å². The van der Waals surface area contributed by atoms with Crippen molar-refractivity contribution in [1.82, 2.24) is 10.2 Å². The fraction of sp³-hybridized carbons (Fsp3) is 0.500. The minimum atomic E-state index is -0.429. The van der Waals surface area contributed by atoms with Crippen LogP contribution in [0.15, 0.2) is 48.5 Å². The van der Waals surface area contributed by atoms with E-state index in [2.05, 4.69) is 11.4 Å². The lowest BCUT2D eigenvalue weighted by atomic mass is 9.73. The van der Waals surface area contributed by atoms with Crippen molar-refractivity contribution in [2.24, 2.45) is 5.41 Å². The van der Waals surface area contributed by atoms with Crippen LogP contribution in [0, 0.1) is 5.41 Å². The van der Waals surface area contributed by atoms with Gasteiger partial charge in [-0.2, -0.15) is 0 Å². The Morgan fingerprint density at radius 1 is 1.06 bits per heavy atom. The Morgan fingerprint density at radius 3 is 2.71 bits per heavy atom. The number of likely N-dealkylation sites (tertiary alicyclic amines) is 1. The van der Waals surface area contributed by atoms with Crippen LogP contribution in [-0.4, -0.2) is 54.7 Å². The topological polar surface area (TPSA) is 88.1 Å². The molecule has 1 spiro atoms. The summed E-state index contributed by atoms with van der Waals surface area (Å²) in [6, 6.07) is 15.3. The zero-order valence-electron chi connectivity index (χ0n) is 20.3. The third-order valence-electron chi connectivity index (χ3n) is 7.19. The van der Waals surface area contributed by atoms with E-state index >= 15 is 0 Å². The number of para-hydroxylation sites is 1. The molecule has 7 nitrogen and oxygen atoms in total. The van der Waals surface area contributed by atoms with Crippen molar-refractivity contribution in [2.75, 3.05) is 32.8 Å². The minimum absolute atomic E-state index is 0.0481. The zero-order valence-corrected chi connectivity index (χ0v) is 20.3. The maximum Gasteiger partial charge on any atom is 0.260 e. The van der Waals surface area contributed by atoms with Crippen LogP contribution in [0.4, 0.5) is 0 Å². The summed E-state index contributed by atoms with van der Waals surface area (Å²) in [5, 5.41) is 12.4. The van der Waals surface area contributed by atoms with Gasteiger partial charge in [-0.1, -0.05) is 36.8 Å². The van der Waals surface area contributed by atoms with Crippen LogP contribution >= 0.6 is 0 Å². The lowest BCUT2D eigenvalue weighted by Crippen LogP contribution is -2.51. The molecule has 4 rings (SSSR count). The SMILES string of the molecule is O=C(COc1cccc(CO)c1)N1CCC2(CCCCc3ccccc3OCCCNC2=O)CC1. The number of aliphatic hydroxyl groups is 1. The number of nitrogens with one attached hydrogen (secondary N) is 1. The van der Waals surface area contributed by atoms with E-state index in [0.29, 0.717) is 44.8 Å². The van der Waals surface area contributed by atoms with Gasteiger partial charge >= 0.3 is 0 Å². The van der Waals surface area contributed by atoms with Crippen molar-refractivity contribution in [3.8, 4) is 11.5 Å². The number of benzene rings is 2. The number of carbonyl (C=O) groups is 2. The highest BCUT2D eigenvalue weighted by atomic mass is 16.5. The average Bonchev–Trinajstić information content (AvgIpc) is 2.91. The number of carbonyl (C=O) groups excluding carboxylic acids is 2. The van der Waals surface area contributed by atoms with Gasteiger partial charge in [0.15, 0.2) is 6.61 Å². The Kier molecular flexibility index (Phi) is 8.64. The van der Waals surface area contributed by atoms with Crippen LogP contribution < -0.4 is 14.8 Å². The van der Waals surface area contributed by atoms with Gasteiger partial charge in [-0.15, -0.1) is 0 Å². The smallest absolute Gasteiger partial charge is 0.260 e. The number of ether oxygens (including phenoxy) is 2. The summed E-state index contributed by atoms with van der Waals surface area (Å²) in [7, 11) is 0. The highest BCUT2D eigenvalue weighted by molar-refractivity contribution is 5.83. The Morgan fingerprint density at radius 2 is 1.89 bits per heavy atom. The first-order valence-electron chi connectivity index (χ1n) is 12.7. The summed E-state index contributed by atoms with van der Waals surface area (Å²) < 4.78 is 11.6. The maximum absolute atomic E-state index is 13.3. The van der Waals surface area contributed by atoms with Gasteiger partial charge in [0.25, 0.3) is 5.91 Å². The lowest BCUT2D eigenvalue weighted by molar-refractivity contribution is -0.142. The standard InChI is InChI=1S/C28H36N2O5/c31-20-22-7-5-10-24(19-22)35-21-26(32)30-16-13-28(14-17-30)12-4-3-9-23-8-1-2-11-25(23)34-18-6-15-29-27(28)33/h1-2,5,7-8,10-11,19,31H,3-4,6,9,12-18,20-21H2,(H,29,33). The first-order chi connectivity index (χ1) is 17.1. The Labute approximate surface area is 207 Å². The molecule has 188 valence electrons. The number of nitrogens with zero attached hydrogens (tertiary/aromatic N) is 1. The summed E-state index contributed by atoms with van der Waals surface area (Å²) in [5.41, 5.74) is 1.54. The summed E-state index contributed by atoms with van der Waals surface area (Å²) in [5.74, 6) is 1.55. The fourth-order valence-corrected chi connectivity index (χ4v) is 5.02. The van der Waals surface area contributed by atoms with Gasteiger partial charge in [0.1, 0.15) is 11.5 Å². The molecule has 0 aromatic heterocycles. The molecule has 2 aliphatic heterocycles. The largest absolute Gasteiger partial charge is 0.493 e. The molecule has 2 aromatic carbocycles. The molecule has 2 aromatic rings. The number of fused-ring (bicyclic) bond motifs is 1. The van der Waals surface area contributed by atoms with Gasteiger partial charge in [-0.05, 0) is 67.9 Å². The second kappa shape index (κ2) is 12.1. The second-order valence-electron chi connectivity index (χ2n) is 9.53. The van der Waals surface area contributed by atoms with Crippen LogP contribution in [0.25, 0.3) is 0 Å². The summed E-state index contributed by atoms with van der Waals surface area (Å²) in [6.45, 7) is 2.16. The predicted molar refractivity (Wildman–Crippen MR) is 133 cm³/mol. The van der Waals surface area contributed by atoms with E-state index in [-0.39, 0.29) is 25.0 Å². The van der Waals surface area contributed by atoms with Gasteiger partial charge in [0.2, 0.25) is 5.91 Å². The van der Waals surface area contributed by atoms with E-state index in [1.165, 1.54) is 5.56 Å². The van der Waals surface area contributed by atoms with Crippen molar-refractivity contribution in [3.63, 3.8) is 0 Å². The number of amides is 2. The normalized spacial score (nSPS) is 18.8. The first kappa shape index (κ1) is 25.0. The molecule has 0 aliphatic carbocycles. The van der Waals surface area contributed by atoms with Gasteiger partial charge in [0.05, 0.1) is 18.6 Å². The molecule has 7 heteroatoms. The minimum Gasteiger partial charge on any atom is -0.493 e. The number of aryl methyl sites for hydroxylation is 1. The fourth-order valence-electron chi connectivity index (χ4n) is 5.02. The average molecular weight is 481 g/mol. The Balaban J connectivity index is 1.33. The molecule has 2 heterocycles. The van der Waals surface area contributed by atoms with Gasteiger partial charge in [-0.3, -0.25) is 9.59 Å². The molecular weight excluding hydrogens is 444 g/mol. The number of piperidine rings is 1. The highest BCUT2D eigenvalue weighted by Crippen LogP contribution is 2.37. The van der Waals surface area contributed by atoms with E-state index in [4.69, 9.17) is 9.47 Å². The van der Waals surface area contributed by atoms with E-state index in [1.54, 1.807) is 29.2 Å². The lowest BCUT2D eigenvalue weighted by Gasteiger charge is -2.41. The summed E-state index contributed by atoms with van der Waals surface area (Å²) in [6.07, 6.45) is 5.81. The van der Waals surface area contributed by atoms with Crippen LogP contribution in [0.2, 0.25) is 0 Å². The molecule has 35 heavy (non-hydrogen) atoms. The highest BCUT2D eigenvalue weighted by Gasteiger charge is 2.41. The zero-order chi connectivity index (χ0) is 24.5. The molecule has 2 aliphatic rings. The van der Waals surface area contributed by atoms with Crippen molar-refractivity contribution in [3.05, 3.63) is 59.7 Å². The van der Waals surface area contributed by atoms with E-state index in [9.17, 15) is 14.7 Å². The van der Waals surface area contributed by atoms with Crippen LogP contribution in [-0.2, 0) is 22.6 Å². The van der Waals surface area contributed by atoms with Crippen molar-refractivity contribution >= 4 is 11.8 Å². The number of hydrogen-bond donors (Lipinski definition) is 2. The maximum atomic E-state index is 13.3. The molecule has 1 fully saturated rings. The second-order valence-corrected chi connectivity index (χ2v) is 9.53. The first-order valence-corrected chi connectivity index (χ1v) is 12.7. The van der Waals surface area contributed by atoms with E-state index in [1.807, 2.05) is 18.2 Å². The Hall–Kier alpha value is -3.06. The van der Waals surface area contributed by atoms with Crippen LogP contribution in [0.3, 0.4) is 0 Å². The molecule has 0 bridgehead atoms. The van der Waals surface area contributed by atoms with Gasteiger partial charge in [-0.25, -0.2) is 0 Å². The van der Waals surface area contributed by atoms with E-state index < -0.39 is 5.41 Å². The molecular formula is C28H36N2O5. The van der Waals surface area contributed by atoms with Crippen molar-refractivity contribution in [2.45, 2.75) is 51.6 Å². The summed E-state index contributed by atoms with van der Waals surface area (Å²) in [4.78, 5) is 27.8. The molecule has 2 amide bonds. The molecule has 2 N–H and O–H groups in total. The third kappa shape index (κ3) is 6.54. The van der Waals surface area contributed by atoms with Crippen molar-refractivity contribution < 1.29 is 24.2 Å². The monoisotopic (exact) mass is 480 g/mol. The van der Waals surface area contributed by atoms with Gasteiger partial charge in [0, 0.05) is 19.6 Å². The quantitative estimate of drug-likeness (QED) is 0.700.